The van der Waals surface area contributed by atoms with E-state index in [0.717, 1.165) is 0 Å². The van der Waals surface area contributed by atoms with Gasteiger partial charge in [-0.3, -0.25) is 4.79 Å². The van der Waals surface area contributed by atoms with E-state index in [0.29, 0.717) is 5.56 Å². The van der Waals surface area contributed by atoms with E-state index in [1.807, 2.05) is 0 Å². The summed E-state index contributed by atoms with van der Waals surface area (Å²) in [5.41, 5.74) is 0.335. The van der Waals surface area contributed by atoms with Gasteiger partial charge in [0.25, 0.3) is 0 Å². The first kappa shape index (κ1) is 14.0. The smallest absolute Gasteiger partial charge is 0.320 e. The summed E-state index contributed by atoms with van der Waals surface area (Å²) in [5.74, 6) is -1.05. The molecular formula is C12H15NO5S. The van der Waals surface area contributed by atoms with Crippen molar-refractivity contribution in [3.05, 3.63) is 29.8 Å². The summed E-state index contributed by atoms with van der Waals surface area (Å²) in [6.07, 6.45) is 0.0391. The van der Waals surface area contributed by atoms with E-state index in [2.05, 4.69) is 5.32 Å². The highest BCUT2D eigenvalue weighted by atomic mass is 32.2. The van der Waals surface area contributed by atoms with E-state index >= 15 is 0 Å². The van der Waals surface area contributed by atoms with Gasteiger partial charge in [-0.15, -0.1) is 0 Å². The van der Waals surface area contributed by atoms with Crippen molar-refractivity contribution in [2.24, 2.45) is 0 Å². The van der Waals surface area contributed by atoms with Gasteiger partial charge in [-0.2, -0.15) is 0 Å². The molecule has 1 fully saturated rings. The molecule has 0 radical (unpaired) electrons. The monoisotopic (exact) mass is 285 g/mol. The zero-order chi connectivity index (χ0) is 14.0. The first-order valence-electron chi connectivity index (χ1n) is 5.85. The molecule has 6 nitrogen and oxygen atoms in total. The highest BCUT2D eigenvalue weighted by Gasteiger charge is 2.38. The molecule has 1 aromatic carbocycles. The van der Waals surface area contributed by atoms with Crippen LogP contribution in [-0.2, 0) is 21.2 Å². The Hall–Kier alpha value is -1.44. The van der Waals surface area contributed by atoms with Crippen LogP contribution in [0.3, 0.4) is 0 Å². The van der Waals surface area contributed by atoms with Crippen molar-refractivity contribution in [1.29, 1.82) is 0 Å². The van der Waals surface area contributed by atoms with E-state index in [4.69, 9.17) is 5.11 Å². The van der Waals surface area contributed by atoms with Gasteiger partial charge in [0.2, 0.25) is 0 Å². The molecule has 3 N–H and O–H groups in total. The summed E-state index contributed by atoms with van der Waals surface area (Å²) in [6, 6.07) is 5.39. The van der Waals surface area contributed by atoms with Crippen LogP contribution in [0.25, 0.3) is 0 Å². The van der Waals surface area contributed by atoms with Crippen LogP contribution in [0.15, 0.2) is 29.2 Å². The number of benzene rings is 1. The standard InChI is InChI=1S/C12H15NO5S/c14-7-8-3-1-2-4-11(8)19(17,18)9-5-10(12(15)16)13-6-9/h1-4,9-10,13-14H,5-7H2,(H,15,16)/t9-,10+/m1/s1. The van der Waals surface area contributed by atoms with Crippen LogP contribution in [0.5, 0.6) is 0 Å². The van der Waals surface area contributed by atoms with Crippen molar-refractivity contribution < 1.29 is 23.4 Å². The molecule has 1 aliphatic heterocycles. The molecule has 1 aliphatic rings. The number of hydrogen-bond donors (Lipinski definition) is 3. The largest absolute Gasteiger partial charge is 0.480 e. The third kappa shape index (κ3) is 2.63. The Morgan fingerprint density at radius 2 is 2.05 bits per heavy atom. The third-order valence-electron chi connectivity index (χ3n) is 3.28. The number of rotatable bonds is 4. The maximum atomic E-state index is 12.4. The fraction of sp³-hybridized carbons (Fsp3) is 0.417. The number of aliphatic hydroxyl groups is 1. The van der Waals surface area contributed by atoms with Gasteiger partial charge in [-0.05, 0) is 18.1 Å². The minimum absolute atomic E-state index is 0.0391. The molecule has 0 unspecified atom stereocenters. The zero-order valence-corrected chi connectivity index (χ0v) is 10.9. The number of nitrogens with one attached hydrogen (secondary N) is 1. The summed E-state index contributed by atoms with van der Waals surface area (Å²) >= 11 is 0. The van der Waals surface area contributed by atoms with Crippen molar-refractivity contribution in [3.63, 3.8) is 0 Å². The minimum atomic E-state index is -3.63. The fourth-order valence-electron chi connectivity index (χ4n) is 2.22. The number of carboxylic acid groups (broad SMARTS) is 1. The molecule has 2 rings (SSSR count). The van der Waals surface area contributed by atoms with Crippen molar-refractivity contribution in [1.82, 2.24) is 5.32 Å². The summed E-state index contributed by atoms with van der Waals surface area (Å²) in [5, 5.41) is 20.0. The second kappa shape index (κ2) is 5.28. The van der Waals surface area contributed by atoms with Crippen LogP contribution in [0, 0.1) is 0 Å². The Balaban J connectivity index is 2.31. The Morgan fingerprint density at radius 1 is 1.37 bits per heavy atom. The van der Waals surface area contributed by atoms with Crippen LogP contribution in [0.2, 0.25) is 0 Å². The van der Waals surface area contributed by atoms with Crippen LogP contribution in [0.4, 0.5) is 0 Å². The number of aliphatic hydroxyl groups excluding tert-OH is 1. The van der Waals surface area contributed by atoms with E-state index in [-0.39, 0.29) is 24.5 Å². The van der Waals surface area contributed by atoms with E-state index < -0.39 is 27.1 Å². The maximum absolute atomic E-state index is 12.4. The molecule has 7 heteroatoms. The van der Waals surface area contributed by atoms with Crippen molar-refractivity contribution >= 4 is 15.8 Å². The lowest BCUT2D eigenvalue weighted by Crippen LogP contribution is -2.30. The quantitative estimate of drug-likeness (QED) is 0.706. The molecule has 0 saturated carbocycles. The van der Waals surface area contributed by atoms with Gasteiger partial charge in [0.1, 0.15) is 6.04 Å². The molecule has 1 saturated heterocycles. The van der Waals surface area contributed by atoms with Gasteiger partial charge in [0, 0.05) is 6.54 Å². The summed E-state index contributed by atoms with van der Waals surface area (Å²) in [7, 11) is -3.63. The van der Waals surface area contributed by atoms with Gasteiger partial charge < -0.3 is 15.5 Å². The average Bonchev–Trinajstić information content (AvgIpc) is 2.89. The Morgan fingerprint density at radius 3 is 2.63 bits per heavy atom. The second-order valence-corrected chi connectivity index (χ2v) is 6.66. The lowest BCUT2D eigenvalue weighted by molar-refractivity contribution is -0.139. The molecule has 19 heavy (non-hydrogen) atoms. The van der Waals surface area contributed by atoms with Crippen LogP contribution in [0.1, 0.15) is 12.0 Å². The summed E-state index contributed by atoms with van der Waals surface area (Å²) in [4.78, 5) is 10.9. The highest BCUT2D eigenvalue weighted by Crippen LogP contribution is 2.25. The van der Waals surface area contributed by atoms with Crippen molar-refractivity contribution in [2.75, 3.05) is 6.54 Å². The number of carboxylic acids is 1. The van der Waals surface area contributed by atoms with Gasteiger partial charge in [0.05, 0.1) is 16.8 Å². The van der Waals surface area contributed by atoms with E-state index in [1.54, 1.807) is 18.2 Å². The normalized spacial score (nSPS) is 23.4. The average molecular weight is 285 g/mol. The third-order valence-corrected chi connectivity index (χ3v) is 5.53. The molecule has 1 heterocycles. The lowest BCUT2D eigenvalue weighted by atomic mass is 10.2. The van der Waals surface area contributed by atoms with Crippen LogP contribution >= 0.6 is 0 Å². The predicted octanol–water partition coefficient (Wildman–Crippen LogP) is -0.232. The minimum Gasteiger partial charge on any atom is -0.480 e. The topological polar surface area (TPSA) is 104 Å². The summed E-state index contributed by atoms with van der Waals surface area (Å²) < 4.78 is 24.9. The van der Waals surface area contributed by atoms with Crippen molar-refractivity contribution in [3.8, 4) is 0 Å². The molecule has 104 valence electrons. The maximum Gasteiger partial charge on any atom is 0.320 e. The molecule has 0 bridgehead atoms. The molecule has 0 amide bonds. The van der Waals surface area contributed by atoms with Gasteiger partial charge in [0.15, 0.2) is 9.84 Å². The Bertz CT molecular complexity index is 584. The van der Waals surface area contributed by atoms with Gasteiger partial charge in [-0.25, -0.2) is 8.42 Å². The Kier molecular flexibility index (Phi) is 3.88. The molecule has 1 aromatic rings. The number of sulfone groups is 1. The van der Waals surface area contributed by atoms with Crippen LogP contribution < -0.4 is 5.32 Å². The van der Waals surface area contributed by atoms with Gasteiger partial charge >= 0.3 is 5.97 Å². The molecule has 0 aliphatic carbocycles. The number of aliphatic carboxylic acids is 1. The molecule has 2 atom stereocenters. The number of carbonyl (C=O) groups is 1. The first-order chi connectivity index (χ1) is 8.96. The summed E-state index contributed by atoms with van der Waals surface area (Å²) in [6.45, 7) is -0.253. The highest BCUT2D eigenvalue weighted by molar-refractivity contribution is 7.92. The van der Waals surface area contributed by atoms with E-state index in [1.165, 1.54) is 6.07 Å². The molecule has 0 spiro atoms. The lowest BCUT2D eigenvalue weighted by Gasteiger charge is -2.13. The zero-order valence-electron chi connectivity index (χ0n) is 10.1. The second-order valence-electron chi connectivity index (χ2n) is 4.47. The van der Waals surface area contributed by atoms with Gasteiger partial charge in [-0.1, -0.05) is 18.2 Å². The predicted molar refractivity (Wildman–Crippen MR) is 67.4 cm³/mol. The fourth-order valence-corrected chi connectivity index (χ4v) is 4.11. The van der Waals surface area contributed by atoms with Crippen LogP contribution in [-0.4, -0.2) is 42.4 Å². The SMILES string of the molecule is O=C(O)[C@@H]1C[C@@H](S(=O)(=O)c2ccccc2CO)CN1. The number of hydrogen-bond acceptors (Lipinski definition) is 5. The first-order valence-corrected chi connectivity index (χ1v) is 7.40. The van der Waals surface area contributed by atoms with E-state index in [9.17, 15) is 18.3 Å². The molecule has 0 aromatic heterocycles. The van der Waals surface area contributed by atoms with Crippen molar-refractivity contribution in [2.45, 2.75) is 29.2 Å². The Labute approximate surface area is 111 Å². The molecular weight excluding hydrogens is 270 g/mol.